The lowest BCUT2D eigenvalue weighted by atomic mass is 10.2. The van der Waals surface area contributed by atoms with Gasteiger partial charge in [-0.1, -0.05) is 38.3 Å². The topological polar surface area (TPSA) is 72.2 Å². The Morgan fingerprint density at radius 2 is 2.00 bits per heavy atom. The summed E-state index contributed by atoms with van der Waals surface area (Å²) >= 11 is 0. The molecule has 0 saturated heterocycles. The van der Waals surface area contributed by atoms with Crippen molar-refractivity contribution in [3.05, 3.63) is 29.8 Å². The first-order valence-corrected chi connectivity index (χ1v) is 7.87. The van der Waals surface area contributed by atoms with Gasteiger partial charge in [0.2, 0.25) is 10.0 Å². The van der Waals surface area contributed by atoms with Crippen molar-refractivity contribution >= 4 is 10.0 Å². The summed E-state index contributed by atoms with van der Waals surface area (Å²) in [6.45, 7) is 2.97. The average molecular weight is 270 g/mol. The van der Waals surface area contributed by atoms with Gasteiger partial charge in [0.05, 0.1) is 4.90 Å². The van der Waals surface area contributed by atoms with Gasteiger partial charge in [-0.05, 0) is 24.1 Å². The summed E-state index contributed by atoms with van der Waals surface area (Å²) in [7, 11) is -3.39. The lowest BCUT2D eigenvalue weighted by molar-refractivity contribution is 0.573. The summed E-state index contributed by atoms with van der Waals surface area (Å²) in [4.78, 5) is 0.293. The number of sulfonamides is 1. The molecule has 0 bridgehead atoms. The molecule has 0 atom stereocenters. The molecule has 3 N–H and O–H groups in total. The Kier molecular flexibility index (Phi) is 6.32. The van der Waals surface area contributed by atoms with Gasteiger partial charge >= 0.3 is 0 Å². The number of hydrogen-bond donors (Lipinski definition) is 2. The predicted octanol–water partition coefficient (Wildman–Crippen LogP) is 2.00. The van der Waals surface area contributed by atoms with Crippen molar-refractivity contribution < 1.29 is 8.42 Å². The maximum absolute atomic E-state index is 12.0. The lowest BCUT2D eigenvalue weighted by Crippen LogP contribution is -2.25. The minimum absolute atomic E-state index is 0.293. The Labute approximate surface area is 110 Å². The molecule has 18 heavy (non-hydrogen) atoms. The van der Waals surface area contributed by atoms with E-state index in [0.717, 1.165) is 31.2 Å². The molecule has 0 unspecified atom stereocenters. The molecule has 0 aliphatic rings. The molecule has 1 aromatic carbocycles. The molecular formula is C13H22N2O2S. The second-order valence-corrected chi connectivity index (χ2v) is 6.08. The Bertz CT molecular complexity index is 458. The van der Waals surface area contributed by atoms with E-state index >= 15 is 0 Å². The van der Waals surface area contributed by atoms with Gasteiger partial charge in [-0.2, -0.15) is 0 Å². The molecule has 0 saturated carbocycles. The van der Waals surface area contributed by atoms with Crippen LogP contribution in [0.15, 0.2) is 29.2 Å². The van der Waals surface area contributed by atoms with Crippen LogP contribution in [0, 0.1) is 0 Å². The molecular weight excluding hydrogens is 248 g/mol. The van der Waals surface area contributed by atoms with Crippen LogP contribution in [0.4, 0.5) is 0 Å². The molecule has 5 heteroatoms. The monoisotopic (exact) mass is 270 g/mol. The van der Waals surface area contributed by atoms with Crippen LogP contribution in [0.25, 0.3) is 0 Å². The first-order chi connectivity index (χ1) is 8.60. The molecule has 0 aromatic heterocycles. The fourth-order valence-corrected chi connectivity index (χ4v) is 2.83. The summed E-state index contributed by atoms with van der Waals surface area (Å²) in [6.07, 6.45) is 4.22. The van der Waals surface area contributed by atoms with E-state index in [9.17, 15) is 8.42 Å². The van der Waals surface area contributed by atoms with Crippen LogP contribution < -0.4 is 10.5 Å². The second kappa shape index (κ2) is 7.51. The molecule has 1 aromatic rings. The molecule has 0 heterocycles. The summed E-state index contributed by atoms with van der Waals surface area (Å²) in [5.74, 6) is 0. The zero-order chi connectivity index (χ0) is 13.4. The zero-order valence-electron chi connectivity index (χ0n) is 10.9. The van der Waals surface area contributed by atoms with Crippen LogP contribution in [0.3, 0.4) is 0 Å². The normalized spacial score (nSPS) is 11.7. The van der Waals surface area contributed by atoms with Crippen LogP contribution in [-0.4, -0.2) is 15.0 Å². The number of benzene rings is 1. The van der Waals surface area contributed by atoms with Gasteiger partial charge in [0.15, 0.2) is 0 Å². The Morgan fingerprint density at radius 1 is 1.22 bits per heavy atom. The molecule has 0 radical (unpaired) electrons. The third kappa shape index (κ3) is 4.76. The second-order valence-electron chi connectivity index (χ2n) is 4.31. The summed E-state index contributed by atoms with van der Waals surface area (Å²) in [5.41, 5.74) is 6.32. The number of hydrogen-bond acceptors (Lipinski definition) is 3. The van der Waals surface area contributed by atoms with Crippen molar-refractivity contribution in [3.8, 4) is 0 Å². The van der Waals surface area contributed by atoms with Crippen molar-refractivity contribution in [3.63, 3.8) is 0 Å². The van der Waals surface area contributed by atoms with Crippen LogP contribution >= 0.6 is 0 Å². The molecule has 0 amide bonds. The first kappa shape index (κ1) is 15.1. The highest BCUT2D eigenvalue weighted by molar-refractivity contribution is 7.89. The van der Waals surface area contributed by atoms with E-state index in [1.807, 2.05) is 6.07 Å². The highest BCUT2D eigenvalue weighted by Gasteiger charge is 2.12. The van der Waals surface area contributed by atoms with E-state index in [0.29, 0.717) is 18.0 Å². The molecule has 0 spiro atoms. The Balaban J connectivity index is 2.57. The summed E-state index contributed by atoms with van der Waals surface area (Å²) < 4.78 is 26.6. The maximum Gasteiger partial charge on any atom is 0.240 e. The smallest absolute Gasteiger partial charge is 0.240 e. The molecule has 0 fully saturated rings. The minimum Gasteiger partial charge on any atom is -0.326 e. The van der Waals surface area contributed by atoms with E-state index in [4.69, 9.17) is 5.73 Å². The van der Waals surface area contributed by atoms with Crippen LogP contribution in [0.1, 0.15) is 38.2 Å². The van der Waals surface area contributed by atoms with Crippen LogP contribution in [-0.2, 0) is 16.6 Å². The van der Waals surface area contributed by atoms with Gasteiger partial charge in [-0.3, -0.25) is 0 Å². The van der Waals surface area contributed by atoms with Gasteiger partial charge < -0.3 is 5.73 Å². The standard InChI is InChI=1S/C13H22N2O2S/c1-2-3-4-5-9-15-18(16,17)13-8-6-7-12(10-13)11-14/h6-8,10,15H,2-5,9,11,14H2,1H3. The molecule has 1 rings (SSSR count). The first-order valence-electron chi connectivity index (χ1n) is 6.39. The zero-order valence-corrected chi connectivity index (χ0v) is 11.7. The highest BCUT2D eigenvalue weighted by Crippen LogP contribution is 2.11. The SMILES string of the molecule is CCCCCCNS(=O)(=O)c1cccc(CN)c1. The van der Waals surface area contributed by atoms with Crippen molar-refractivity contribution in [2.75, 3.05) is 6.54 Å². The van der Waals surface area contributed by atoms with Crippen molar-refractivity contribution in [1.82, 2.24) is 4.72 Å². The minimum atomic E-state index is -3.39. The average Bonchev–Trinajstić information content (AvgIpc) is 2.38. The Hall–Kier alpha value is -0.910. The van der Waals surface area contributed by atoms with E-state index < -0.39 is 10.0 Å². The third-order valence-corrected chi connectivity index (χ3v) is 4.23. The van der Waals surface area contributed by atoms with Crippen molar-refractivity contribution in [1.29, 1.82) is 0 Å². The molecule has 0 aliphatic heterocycles. The summed E-state index contributed by atoms with van der Waals surface area (Å²) in [6, 6.07) is 6.75. The van der Waals surface area contributed by atoms with E-state index in [1.165, 1.54) is 0 Å². The quantitative estimate of drug-likeness (QED) is 0.710. The molecule has 102 valence electrons. The molecule has 0 aliphatic carbocycles. The number of nitrogens with one attached hydrogen (secondary N) is 1. The van der Waals surface area contributed by atoms with Crippen molar-refractivity contribution in [2.24, 2.45) is 5.73 Å². The van der Waals surface area contributed by atoms with Crippen molar-refractivity contribution in [2.45, 2.75) is 44.0 Å². The predicted molar refractivity (Wildman–Crippen MR) is 73.7 cm³/mol. The van der Waals surface area contributed by atoms with E-state index in [2.05, 4.69) is 11.6 Å². The summed E-state index contributed by atoms with van der Waals surface area (Å²) in [5, 5.41) is 0. The van der Waals surface area contributed by atoms with Gasteiger partial charge in [0.1, 0.15) is 0 Å². The van der Waals surface area contributed by atoms with Gasteiger partial charge in [0.25, 0.3) is 0 Å². The fourth-order valence-electron chi connectivity index (χ4n) is 1.68. The van der Waals surface area contributed by atoms with Gasteiger partial charge in [-0.25, -0.2) is 13.1 Å². The largest absolute Gasteiger partial charge is 0.326 e. The lowest BCUT2D eigenvalue weighted by Gasteiger charge is -2.07. The third-order valence-electron chi connectivity index (χ3n) is 2.77. The van der Waals surface area contributed by atoms with E-state index in [1.54, 1.807) is 18.2 Å². The van der Waals surface area contributed by atoms with Gasteiger partial charge in [0, 0.05) is 13.1 Å². The van der Waals surface area contributed by atoms with Gasteiger partial charge in [-0.15, -0.1) is 0 Å². The maximum atomic E-state index is 12.0. The Morgan fingerprint density at radius 3 is 2.67 bits per heavy atom. The highest BCUT2D eigenvalue weighted by atomic mass is 32.2. The number of rotatable bonds is 8. The van der Waals surface area contributed by atoms with Crippen LogP contribution in [0.5, 0.6) is 0 Å². The number of unbranched alkanes of at least 4 members (excludes halogenated alkanes) is 3. The number of nitrogens with two attached hydrogens (primary N) is 1. The van der Waals surface area contributed by atoms with E-state index in [-0.39, 0.29) is 0 Å². The molecule has 4 nitrogen and oxygen atoms in total. The van der Waals surface area contributed by atoms with Crippen LogP contribution in [0.2, 0.25) is 0 Å². The fraction of sp³-hybridized carbons (Fsp3) is 0.538.